The molecular weight excluding hydrogens is 454 g/mol. The van der Waals surface area contributed by atoms with Crippen LogP contribution in [0.5, 0.6) is 11.5 Å². The van der Waals surface area contributed by atoms with E-state index in [-0.39, 0.29) is 18.3 Å². The maximum absolute atomic E-state index is 12.8. The molecule has 0 aliphatic carbocycles. The average molecular weight is 484 g/mol. The number of carbonyl (C=O) groups is 2. The molecule has 2 aromatic rings. The minimum absolute atomic E-state index is 0.147. The third-order valence-corrected chi connectivity index (χ3v) is 6.01. The zero-order chi connectivity index (χ0) is 24.7. The van der Waals surface area contributed by atoms with Gasteiger partial charge in [-0.15, -0.1) is 0 Å². The summed E-state index contributed by atoms with van der Waals surface area (Å²) in [6.45, 7) is 5.77. The minimum atomic E-state index is -0.663. The summed E-state index contributed by atoms with van der Waals surface area (Å²) < 4.78 is 16.1. The average Bonchev–Trinajstić information content (AvgIpc) is 2.83. The number of esters is 1. The van der Waals surface area contributed by atoms with Gasteiger partial charge in [-0.1, -0.05) is 29.5 Å². The summed E-state index contributed by atoms with van der Waals surface area (Å²) in [7, 11) is 3.12. The maximum Gasteiger partial charge on any atom is 0.338 e. The number of anilines is 1. The molecule has 1 heterocycles. The number of aliphatic imine (C=N–C) groups is 1. The van der Waals surface area contributed by atoms with Crippen LogP contribution in [0, 0.1) is 6.92 Å². The van der Waals surface area contributed by atoms with Crippen molar-refractivity contribution >= 4 is 34.5 Å². The van der Waals surface area contributed by atoms with E-state index in [1.807, 2.05) is 37.3 Å². The van der Waals surface area contributed by atoms with Crippen molar-refractivity contribution in [3.8, 4) is 11.5 Å². The number of methoxy groups -OCH3 is 2. The van der Waals surface area contributed by atoms with E-state index in [4.69, 9.17) is 19.2 Å². The normalized spacial score (nSPS) is 15.2. The van der Waals surface area contributed by atoms with Gasteiger partial charge in [0.05, 0.1) is 32.2 Å². The van der Waals surface area contributed by atoms with E-state index < -0.39 is 12.0 Å². The van der Waals surface area contributed by atoms with Crippen LogP contribution in [0.4, 0.5) is 5.69 Å². The summed E-state index contributed by atoms with van der Waals surface area (Å²) >= 11 is 1.25. The first kappa shape index (κ1) is 25.2. The molecule has 0 saturated carbocycles. The molecule has 1 aliphatic rings. The summed E-state index contributed by atoms with van der Waals surface area (Å²) in [5.74, 6) is 0.689. The van der Waals surface area contributed by atoms with Gasteiger partial charge in [-0.05, 0) is 45.0 Å². The van der Waals surface area contributed by atoms with E-state index in [0.29, 0.717) is 33.5 Å². The SMILES string of the molecule is CCOC(=O)C1=C(C)NC(SCC(=O)Nc2ccc(C)cc2)=N[C@H]1c1ccc(OC)cc1OC. The van der Waals surface area contributed by atoms with Gasteiger partial charge in [-0.2, -0.15) is 0 Å². The standard InChI is InChI=1S/C25H29N3O5S/c1-6-33-24(30)22-16(3)26-25(34-14-21(29)27-17-9-7-15(2)8-10-17)28-23(22)19-12-11-18(31-4)13-20(19)32-5/h7-13,23H,6,14H2,1-5H3,(H,26,28)(H,27,29)/t23-/m0/s1. The first-order valence-corrected chi connectivity index (χ1v) is 11.8. The monoisotopic (exact) mass is 483 g/mol. The van der Waals surface area contributed by atoms with Gasteiger partial charge in [0.2, 0.25) is 5.91 Å². The number of hydrogen-bond acceptors (Lipinski definition) is 8. The molecule has 2 N–H and O–H groups in total. The topological polar surface area (TPSA) is 98.2 Å². The minimum Gasteiger partial charge on any atom is -0.497 e. The molecule has 0 radical (unpaired) electrons. The lowest BCUT2D eigenvalue weighted by Crippen LogP contribution is -2.31. The molecule has 1 amide bonds. The van der Waals surface area contributed by atoms with Crippen molar-refractivity contribution in [2.24, 2.45) is 4.99 Å². The molecule has 34 heavy (non-hydrogen) atoms. The Morgan fingerprint density at radius 1 is 1.09 bits per heavy atom. The molecule has 2 aromatic carbocycles. The number of ether oxygens (including phenoxy) is 3. The predicted molar refractivity (Wildman–Crippen MR) is 134 cm³/mol. The number of thioether (sulfide) groups is 1. The molecular formula is C25H29N3O5S. The number of rotatable bonds is 8. The number of amides is 1. The lowest BCUT2D eigenvalue weighted by molar-refractivity contribution is -0.139. The number of nitrogens with zero attached hydrogens (tertiary/aromatic N) is 1. The Bertz CT molecular complexity index is 1110. The fraction of sp³-hybridized carbons (Fsp3) is 0.320. The van der Waals surface area contributed by atoms with E-state index >= 15 is 0 Å². The molecule has 3 rings (SSSR count). The van der Waals surface area contributed by atoms with E-state index in [9.17, 15) is 9.59 Å². The first-order chi connectivity index (χ1) is 16.4. The molecule has 0 fully saturated rings. The van der Waals surface area contributed by atoms with Crippen LogP contribution >= 0.6 is 11.8 Å². The van der Waals surface area contributed by atoms with Crippen LogP contribution < -0.4 is 20.1 Å². The van der Waals surface area contributed by atoms with E-state index in [1.54, 1.807) is 40.2 Å². The highest BCUT2D eigenvalue weighted by atomic mass is 32.2. The molecule has 0 saturated heterocycles. The Kier molecular flexibility index (Phi) is 8.59. The van der Waals surface area contributed by atoms with Crippen LogP contribution in [-0.4, -0.2) is 43.6 Å². The molecule has 1 aliphatic heterocycles. The van der Waals surface area contributed by atoms with Gasteiger partial charge in [0.25, 0.3) is 0 Å². The summed E-state index contributed by atoms with van der Waals surface area (Å²) in [4.78, 5) is 30.0. The number of allylic oxidation sites excluding steroid dienone is 1. The lowest BCUT2D eigenvalue weighted by atomic mass is 9.95. The fourth-order valence-corrected chi connectivity index (χ4v) is 4.18. The smallest absolute Gasteiger partial charge is 0.338 e. The predicted octanol–water partition coefficient (Wildman–Crippen LogP) is 4.22. The molecule has 0 aromatic heterocycles. The Labute approximate surface area is 203 Å². The second-order valence-electron chi connectivity index (χ2n) is 7.53. The summed E-state index contributed by atoms with van der Waals surface area (Å²) in [6, 6.07) is 12.3. The molecule has 0 unspecified atom stereocenters. The van der Waals surface area contributed by atoms with Gasteiger partial charge in [0.1, 0.15) is 17.5 Å². The maximum atomic E-state index is 12.8. The number of aryl methyl sites for hydroxylation is 1. The molecule has 8 nitrogen and oxygen atoms in total. The van der Waals surface area contributed by atoms with Crippen molar-refractivity contribution < 1.29 is 23.8 Å². The van der Waals surface area contributed by atoms with Gasteiger partial charge < -0.3 is 24.8 Å². The second kappa shape index (κ2) is 11.6. The van der Waals surface area contributed by atoms with Crippen molar-refractivity contribution in [3.63, 3.8) is 0 Å². The summed E-state index contributed by atoms with van der Waals surface area (Å²) in [5.41, 5.74) is 3.54. The van der Waals surface area contributed by atoms with Crippen LogP contribution in [0.3, 0.4) is 0 Å². The Hall–Kier alpha value is -3.46. The summed E-state index contributed by atoms with van der Waals surface area (Å²) in [6.07, 6.45) is 0. The molecule has 180 valence electrons. The van der Waals surface area contributed by atoms with Gasteiger partial charge in [-0.25, -0.2) is 9.79 Å². The quantitative estimate of drug-likeness (QED) is 0.543. The van der Waals surface area contributed by atoms with Gasteiger partial charge in [0.15, 0.2) is 5.17 Å². The fourth-order valence-electron chi connectivity index (χ4n) is 3.43. The Balaban J connectivity index is 1.84. The highest BCUT2D eigenvalue weighted by molar-refractivity contribution is 8.14. The van der Waals surface area contributed by atoms with Crippen LogP contribution in [0.15, 0.2) is 58.7 Å². The van der Waals surface area contributed by atoms with Crippen molar-refractivity contribution in [2.45, 2.75) is 26.8 Å². The largest absolute Gasteiger partial charge is 0.497 e. The van der Waals surface area contributed by atoms with Crippen LogP contribution in [0.1, 0.15) is 31.0 Å². The Morgan fingerprint density at radius 3 is 2.47 bits per heavy atom. The molecule has 0 spiro atoms. The van der Waals surface area contributed by atoms with E-state index in [2.05, 4.69) is 10.6 Å². The third-order valence-electron chi connectivity index (χ3n) is 5.12. The number of benzene rings is 2. The highest BCUT2D eigenvalue weighted by Crippen LogP contribution is 2.39. The van der Waals surface area contributed by atoms with Crippen molar-refractivity contribution in [1.29, 1.82) is 0 Å². The summed E-state index contributed by atoms with van der Waals surface area (Å²) in [5, 5.41) is 6.53. The third kappa shape index (κ3) is 6.11. The van der Waals surface area contributed by atoms with E-state index in [0.717, 1.165) is 11.3 Å². The van der Waals surface area contributed by atoms with Crippen LogP contribution in [0.25, 0.3) is 0 Å². The molecule has 9 heteroatoms. The number of carbonyl (C=O) groups excluding carboxylic acids is 2. The van der Waals surface area contributed by atoms with Gasteiger partial charge in [0, 0.05) is 23.0 Å². The Morgan fingerprint density at radius 2 is 1.82 bits per heavy atom. The van der Waals surface area contributed by atoms with E-state index in [1.165, 1.54) is 11.8 Å². The highest BCUT2D eigenvalue weighted by Gasteiger charge is 2.32. The van der Waals surface area contributed by atoms with Crippen LogP contribution in [-0.2, 0) is 14.3 Å². The number of amidine groups is 1. The second-order valence-corrected chi connectivity index (χ2v) is 8.50. The van der Waals surface area contributed by atoms with Crippen molar-refractivity contribution in [1.82, 2.24) is 5.32 Å². The lowest BCUT2D eigenvalue weighted by Gasteiger charge is -2.26. The van der Waals surface area contributed by atoms with Crippen molar-refractivity contribution in [3.05, 3.63) is 64.9 Å². The van der Waals surface area contributed by atoms with Gasteiger partial charge >= 0.3 is 5.97 Å². The first-order valence-electron chi connectivity index (χ1n) is 10.8. The molecule has 0 bridgehead atoms. The molecule has 1 atom stereocenters. The van der Waals surface area contributed by atoms with Gasteiger partial charge in [-0.3, -0.25) is 4.79 Å². The zero-order valence-electron chi connectivity index (χ0n) is 19.9. The number of nitrogens with one attached hydrogen (secondary N) is 2. The van der Waals surface area contributed by atoms with Crippen LogP contribution in [0.2, 0.25) is 0 Å². The zero-order valence-corrected chi connectivity index (χ0v) is 20.7. The number of hydrogen-bond donors (Lipinski definition) is 2. The van der Waals surface area contributed by atoms with Crippen molar-refractivity contribution in [2.75, 3.05) is 31.9 Å².